The molecule has 0 heterocycles. The second kappa shape index (κ2) is 67.4. The second-order valence-corrected chi connectivity index (χ2v) is 30.6. The zero-order valence-corrected chi connectivity index (χ0v) is 63.2. The topological polar surface area (TPSA) is 237 Å². The number of ether oxygens (including phenoxy) is 4. The van der Waals surface area contributed by atoms with Crippen LogP contribution >= 0.6 is 15.6 Å². The predicted molar refractivity (Wildman–Crippen MR) is 386 cm³/mol. The highest BCUT2D eigenvalue weighted by Gasteiger charge is 2.30. The minimum absolute atomic E-state index is 0.101. The van der Waals surface area contributed by atoms with Gasteiger partial charge in [0.1, 0.15) is 19.3 Å². The number of allylic oxidation sites excluding steroid dienone is 4. The Bertz CT molecular complexity index is 1930. The van der Waals surface area contributed by atoms with E-state index in [9.17, 15) is 43.2 Å². The van der Waals surface area contributed by atoms with Gasteiger partial charge in [0.25, 0.3) is 0 Å². The zero-order chi connectivity index (χ0) is 70.0. The van der Waals surface area contributed by atoms with Gasteiger partial charge < -0.3 is 33.8 Å². The molecule has 5 atom stereocenters. The van der Waals surface area contributed by atoms with Gasteiger partial charge in [-0.2, -0.15) is 0 Å². The minimum Gasteiger partial charge on any atom is -0.462 e. The first-order chi connectivity index (χ1) is 45.9. The fraction of sp³-hybridized carbons (Fsp3) is 0.895. The molecule has 17 nitrogen and oxygen atoms in total. The summed E-state index contributed by atoms with van der Waals surface area (Å²) in [5, 5.41) is 10.6. The number of carbonyl (C=O) groups is 4. The van der Waals surface area contributed by atoms with Gasteiger partial charge in [0.2, 0.25) is 0 Å². The number of phosphoric acid groups is 2. The molecular formula is C76H144O17P2. The molecule has 2 unspecified atom stereocenters. The van der Waals surface area contributed by atoms with Crippen molar-refractivity contribution in [2.24, 2.45) is 11.8 Å². The van der Waals surface area contributed by atoms with Gasteiger partial charge in [-0.15, -0.1) is 0 Å². The lowest BCUT2D eigenvalue weighted by Crippen LogP contribution is -2.30. The van der Waals surface area contributed by atoms with Crippen LogP contribution in [-0.2, 0) is 65.4 Å². The smallest absolute Gasteiger partial charge is 0.462 e. The summed E-state index contributed by atoms with van der Waals surface area (Å²) in [6.07, 6.45) is 57.8. The standard InChI is InChI=1S/C76H144O17P2/c1-7-9-11-13-15-16-17-18-20-24-30-35-41-47-53-59-74(79)87-65-72(93-76(81)60-54-48-42-36-31-25-22-19-21-23-28-33-39-44-50-56-68(3)4)67-91-95(84,85)89-63-70(77)62-88-94(82,83)90-66-71(64-86-73(78)58-52-46-38-14-12-10-8-2)92-75(80)61-55-49-43-37-32-27-26-29-34-40-45-51-57-69(5)6/h16-18,20,68-72,77H,7-15,19,21-67H2,1-6H3,(H,82,83)(H,84,85)/b17-16-,20-18-/t70-,71+,72+/m0/s1. The van der Waals surface area contributed by atoms with Crippen molar-refractivity contribution >= 4 is 39.5 Å². The molecule has 0 aromatic carbocycles. The van der Waals surface area contributed by atoms with E-state index in [1.165, 1.54) is 154 Å². The van der Waals surface area contributed by atoms with E-state index < -0.39 is 97.5 Å². The van der Waals surface area contributed by atoms with Crippen LogP contribution in [0, 0.1) is 11.8 Å². The van der Waals surface area contributed by atoms with Crippen molar-refractivity contribution in [3.05, 3.63) is 24.3 Å². The molecule has 0 fully saturated rings. The predicted octanol–water partition coefficient (Wildman–Crippen LogP) is 21.9. The number of aliphatic hydroxyl groups excluding tert-OH is 1. The van der Waals surface area contributed by atoms with Crippen LogP contribution < -0.4 is 0 Å². The van der Waals surface area contributed by atoms with E-state index in [1.54, 1.807) is 0 Å². The lowest BCUT2D eigenvalue weighted by Gasteiger charge is -2.21. The fourth-order valence-corrected chi connectivity index (χ4v) is 12.7. The van der Waals surface area contributed by atoms with E-state index in [0.717, 1.165) is 134 Å². The van der Waals surface area contributed by atoms with Gasteiger partial charge in [0.05, 0.1) is 26.4 Å². The number of carbonyl (C=O) groups excluding carboxylic acids is 4. The zero-order valence-electron chi connectivity index (χ0n) is 61.5. The summed E-state index contributed by atoms with van der Waals surface area (Å²) in [5.74, 6) is -0.574. The van der Waals surface area contributed by atoms with Crippen LogP contribution in [0.3, 0.4) is 0 Å². The van der Waals surface area contributed by atoms with E-state index in [2.05, 4.69) is 65.8 Å². The van der Waals surface area contributed by atoms with Gasteiger partial charge in [-0.3, -0.25) is 37.3 Å². The van der Waals surface area contributed by atoms with Crippen molar-refractivity contribution in [2.45, 2.75) is 387 Å². The van der Waals surface area contributed by atoms with Gasteiger partial charge in [-0.05, 0) is 63.2 Å². The molecule has 0 aliphatic heterocycles. The Hall–Kier alpha value is -2.46. The maximum absolute atomic E-state index is 13.1. The Kier molecular flexibility index (Phi) is 65.6. The number of rotatable bonds is 73. The number of hydrogen-bond donors (Lipinski definition) is 3. The van der Waals surface area contributed by atoms with E-state index in [4.69, 9.17) is 37.0 Å². The van der Waals surface area contributed by atoms with Crippen molar-refractivity contribution in [1.82, 2.24) is 0 Å². The lowest BCUT2D eigenvalue weighted by molar-refractivity contribution is -0.161. The van der Waals surface area contributed by atoms with Crippen LogP contribution in [0.5, 0.6) is 0 Å². The Labute approximate surface area is 580 Å². The Morgan fingerprint density at radius 1 is 0.326 bits per heavy atom. The molecule has 0 saturated carbocycles. The van der Waals surface area contributed by atoms with Crippen LogP contribution in [-0.4, -0.2) is 96.7 Å². The molecule has 0 aromatic heterocycles. The summed E-state index contributed by atoms with van der Waals surface area (Å²) in [4.78, 5) is 72.7. The molecule has 0 saturated heterocycles. The highest BCUT2D eigenvalue weighted by Crippen LogP contribution is 2.45. The number of phosphoric ester groups is 2. The van der Waals surface area contributed by atoms with Crippen LogP contribution in [0.1, 0.15) is 369 Å². The van der Waals surface area contributed by atoms with Crippen LogP contribution in [0.25, 0.3) is 0 Å². The van der Waals surface area contributed by atoms with E-state index in [1.807, 2.05) is 0 Å². The molecule has 0 aliphatic carbocycles. The summed E-state index contributed by atoms with van der Waals surface area (Å²) in [5.41, 5.74) is 0. The SMILES string of the molecule is CCCCCC/C=C\C=C/CCCCCCCC(=O)OC[C@H](COP(=O)(O)OC[C@@H](O)COP(=O)(O)OC[C@@H](COC(=O)CCCCCCCCC)OC(=O)CCCCCCCCCCCCCCC(C)C)OC(=O)CCCCCCCCCCCCCCCCCC(C)C. The number of hydrogen-bond acceptors (Lipinski definition) is 15. The monoisotopic (exact) mass is 1390 g/mol. The lowest BCUT2D eigenvalue weighted by atomic mass is 10.0. The molecule has 0 aliphatic rings. The first-order valence-electron chi connectivity index (χ1n) is 38.8. The summed E-state index contributed by atoms with van der Waals surface area (Å²) >= 11 is 0. The summed E-state index contributed by atoms with van der Waals surface area (Å²) in [7, 11) is -9.92. The molecule has 0 rings (SSSR count). The van der Waals surface area contributed by atoms with Crippen molar-refractivity contribution in [3.63, 3.8) is 0 Å². The average Bonchev–Trinajstić information content (AvgIpc) is 1.63. The third-order valence-corrected chi connectivity index (χ3v) is 19.0. The summed E-state index contributed by atoms with van der Waals surface area (Å²) < 4.78 is 68.4. The summed E-state index contributed by atoms with van der Waals surface area (Å²) in [6.45, 7) is 9.52. The Morgan fingerprint density at radius 2 is 0.568 bits per heavy atom. The maximum Gasteiger partial charge on any atom is 0.472 e. The second-order valence-electron chi connectivity index (χ2n) is 27.7. The van der Waals surface area contributed by atoms with Gasteiger partial charge >= 0.3 is 39.5 Å². The van der Waals surface area contributed by atoms with Gasteiger partial charge in [-0.1, -0.05) is 316 Å². The molecule has 3 N–H and O–H groups in total. The molecule has 560 valence electrons. The summed E-state index contributed by atoms with van der Waals surface area (Å²) in [6, 6.07) is 0. The van der Waals surface area contributed by atoms with Crippen molar-refractivity contribution < 1.29 is 80.2 Å². The van der Waals surface area contributed by atoms with Crippen LogP contribution in [0.2, 0.25) is 0 Å². The van der Waals surface area contributed by atoms with E-state index >= 15 is 0 Å². The van der Waals surface area contributed by atoms with Gasteiger partial charge in [0.15, 0.2) is 12.2 Å². The van der Waals surface area contributed by atoms with Crippen LogP contribution in [0.4, 0.5) is 0 Å². The number of unbranched alkanes of at least 4 members (excludes halogenated alkanes) is 40. The molecule has 0 aromatic rings. The minimum atomic E-state index is -4.96. The third-order valence-electron chi connectivity index (χ3n) is 17.1. The molecule has 0 radical (unpaired) electrons. The largest absolute Gasteiger partial charge is 0.472 e. The quantitative estimate of drug-likeness (QED) is 0.0169. The molecule has 0 spiro atoms. The first kappa shape index (κ1) is 92.5. The highest BCUT2D eigenvalue weighted by molar-refractivity contribution is 7.47. The molecule has 0 amide bonds. The van der Waals surface area contributed by atoms with E-state index in [-0.39, 0.29) is 25.7 Å². The van der Waals surface area contributed by atoms with Crippen molar-refractivity contribution in [1.29, 1.82) is 0 Å². The highest BCUT2D eigenvalue weighted by atomic mass is 31.2. The van der Waals surface area contributed by atoms with Crippen molar-refractivity contribution in [3.8, 4) is 0 Å². The Balaban J connectivity index is 5.23. The normalized spacial score (nSPS) is 14.2. The van der Waals surface area contributed by atoms with Crippen molar-refractivity contribution in [2.75, 3.05) is 39.6 Å². The third kappa shape index (κ3) is 69.8. The first-order valence-corrected chi connectivity index (χ1v) is 41.8. The molecule has 95 heavy (non-hydrogen) atoms. The number of esters is 4. The molecule has 0 bridgehead atoms. The Morgan fingerprint density at radius 3 is 0.863 bits per heavy atom. The average molecular weight is 1390 g/mol. The maximum atomic E-state index is 13.1. The number of aliphatic hydroxyl groups is 1. The van der Waals surface area contributed by atoms with Gasteiger partial charge in [-0.25, -0.2) is 9.13 Å². The van der Waals surface area contributed by atoms with Gasteiger partial charge in [0, 0.05) is 25.7 Å². The molecular weight excluding hydrogens is 1250 g/mol. The van der Waals surface area contributed by atoms with Crippen LogP contribution in [0.15, 0.2) is 24.3 Å². The fourth-order valence-electron chi connectivity index (χ4n) is 11.1. The molecule has 19 heteroatoms. The van der Waals surface area contributed by atoms with E-state index in [0.29, 0.717) is 25.7 Å².